The van der Waals surface area contributed by atoms with Gasteiger partial charge >= 0.3 is 0 Å². The number of benzene rings is 1. The van der Waals surface area contributed by atoms with E-state index in [9.17, 15) is 24.1 Å². The quantitative estimate of drug-likeness (QED) is 0.384. The molecule has 4 aliphatic carbocycles. The van der Waals surface area contributed by atoms with Crippen molar-refractivity contribution in [1.29, 1.82) is 0 Å². The zero-order chi connectivity index (χ0) is 26.7. The van der Waals surface area contributed by atoms with Crippen molar-refractivity contribution in [3.05, 3.63) is 35.4 Å². The molecule has 0 spiro atoms. The van der Waals surface area contributed by atoms with Crippen molar-refractivity contribution in [2.75, 3.05) is 0 Å². The molecule has 1 aromatic carbocycles. The van der Waals surface area contributed by atoms with Crippen molar-refractivity contribution in [2.24, 2.45) is 52.3 Å². The normalized spacial score (nSPS) is 44.3. The molecule has 0 bridgehead atoms. The van der Waals surface area contributed by atoms with E-state index in [2.05, 4.69) is 27.7 Å². The van der Waals surface area contributed by atoms with Gasteiger partial charge in [-0.05, 0) is 121 Å². The van der Waals surface area contributed by atoms with E-state index < -0.39 is 17.4 Å². The third-order valence-corrected chi connectivity index (χ3v) is 12.0. The van der Waals surface area contributed by atoms with Gasteiger partial charge in [-0.15, -0.1) is 0 Å². The summed E-state index contributed by atoms with van der Waals surface area (Å²) in [6, 6.07) is 2.33. The predicted molar refractivity (Wildman–Crippen MR) is 143 cm³/mol. The minimum absolute atomic E-state index is 0.196. The van der Waals surface area contributed by atoms with E-state index >= 15 is 0 Å². The molecular weight excluding hydrogens is 470 g/mol. The summed E-state index contributed by atoms with van der Waals surface area (Å²) in [5.74, 6) is 0.290. The van der Waals surface area contributed by atoms with Crippen LogP contribution in [0.15, 0.2) is 18.2 Å². The summed E-state index contributed by atoms with van der Waals surface area (Å²) in [7, 11) is 0. The summed E-state index contributed by atoms with van der Waals surface area (Å²) < 4.78 is 27.4. The fourth-order valence-corrected chi connectivity index (χ4v) is 10.2. The molecule has 3 N–H and O–H groups in total. The van der Waals surface area contributed by atoms with Gasteiger partial charge in [-0.3, -0.25) is 0 Å². The first-order valence-electron chi connectivity index (χ1n) is 14.7. The second kappa shape index (κ2) is 9.93. The molecule has 0 aromatic heterocycles. The second-order valence-electron chi connectivity index (χ2n) is 13.6. The van der Waals surface area contributed by atoms with E-state index in [0.29, 0.717) is 41.1 Å². The standard InChI is InChI=1S/C32H46F2O3/c1-5-21-25-17-20(35)11-13-32(25,4)24-12-14-31(3)22(9-10-23(31)28(24)29(21)36)18(2)7-6-8-19-15-26(33)30(37)27(34)16-19/h6,8,15-16,18,20-25,28-29,35-37H,5,7,9-14,17H2,1-4H3/b8-6+/t18-,20-,21-,22-,23+,24+,25+,28?,29-,31?,32?/m1/s1. The zero-order valence-corrected chi connectivity index (χ0v) is 23.0. The van der Waals surface area contributed by atoms with E-state index in [1.807, 2.05) is 6.08 Å². The third-order valence-electron chi connectivity index (χ3n) is 12.0. The average Bonchev–Trinajstić information content (AvgIpc) is 3.21. The van der Waals surface area contributed by atoms with Crippen molar-refractivity contribution in [3.63, 3.8) is 0 Å². The Kier molecular flexibility index (Phi) is 7.28. The van der Waals surface area contributed by atoms with E-state index in [1.165, 1.54) is 37.8 Å². The van der Waals surface area contributed by atoms with Crippen LogP contribution in [0.5, 0.6) is 5.75 Å². The van der Waals surface area contributed by atoms with Crippen LogP contribution in [0.1, 0.15) is 91.0 Å². The number of fused-ring (bicyclic) bond motifs is 5. The van der Waals surface area contributed by atoms with E-state index in [4.69, 9.17) is 0 Å². The van der Waals surface area contributed by atoms with Gasteiger partial charge in [-0.25, -0.2) is 8.78 Å². The Bertz CT molecular complexity index is 1000. The summed E-state index contributed by atoms with van der Waals surface area (Å²) in [5, 5.41) is 31.7. The molecule has 37 heavy (non-hydrogen) atoms. The Morgan fingerprint density at radius 3 is 2.30 bits per heavy atom. The number of hydrogen-bond donors (Lipinski definition) is 3. The maximum absolute atomic E-state index is 13.7. The van der Waals surface area contributed by atoms with Crippen LogP contribution in [0.25, 0.3) is 6.08 Å². The molecule has 0 heterocycles. The van der Waals surface area contributed by atoms with Gasteiger partial charge in [0, 0.05) is 0 Å². The molecule has 0 amide bonds. The largest absolute Gasteiger partial charge is 0.503 e. The lowest BCUT2D eigenvalue weighted by Gasteiger charge is -2.64. The summed E-state index contributed by atoms with van der Waals surface area (Å²) >= 11 is 0. The maximum atomic E-state index is 13.7. The smallest absolute Gasteiger partial charge is 0.187 e. The van der Waals surface area contributed by atoms with Crippen molar-refractivity contribution in [1.82, 2.24) is 0 Å². The summed E-state index contributed by atoms with van der Waals surface area (Å²) in [6.07, 6.45) is 12.6. The molecule has 3 unspecified atom stereocenters. The number of allylic oxidation sites excluding steroid dienone is 1. The zero-order valence-electron chi connectivity index (χ0n) is 23.0. The van der Waals surface area contributed by atoms with Crippen LogP contribution in [0.2, 0.25) is 0 Å². The summed E-state index contributed by atoms with van der Waals surface area (Å²) in [6.45, 7) is 9.48. The third kappa shape index (κ3) is 4.36. The number of aromatic hydroxyl groups is 1. The molecule has 5 heteroatoms. The lowest BCUT2D eigenvalue weighted by Crippen LogP contribution is -2.62. The van der Waals surface area contributed by atoms with Gasteiger partial charge in [0.25, 0.3) is 0 Å². The number of phenolic OH excluding ortho intramolecular Hbond substituents is 1. The lowest BCUT2D eigenvalue weighted by molar-refractivity contribution is -0.203. The highest BCUT2D eigenvalue weighted by Crippen LogP contribution is 2.69. The van der Waals surface area contributed by atoms with Gasteiger partial charge < -0.3 is 15.3 Å². The van der Waals surface area contributed by atoms with E-state index in [0.717, 1.165) is 32.1 Å². The Balaban J connectivity index is 1.34. The predicted octanol–water partition coefficient (Wildman–Crippen LogP) is 7.34. The molecule has 0 aliphatic heterocycles. The molecule has 11 atom stereocenters. The minimum atomic E-state index is -0.935. The van der Waals surface area contributed by atoms with Crippen molar-refractivity contribution < 1.29 is 24.1 Å². The number of hydrogen-bond acceptors (Lipinski definition) is 3. The Morgan fingerprint density at radius 1 is 0.973 bits per heavy atom. The highest BCUT2D eigenvalue weighted by Gasteiger charge is 2.64. The fraction of sp³-hybridized carbons (Fsp3) is 0.750. The molecule has 1 aromatic rings. The number of phenols is 1. The highest BCUT2D eigenvalue weighted by atomic mass is 19.1. The van der Waals surface area contributed by atoms with Gasteiger partial charge in [0.1, 0.15) is 0 Å². The molecule has 3 nitrogen and oxygen atoms in total. The maximum Gasteiger partial charge on any atom is 0.187 e. The summed E-state index contributed by atoms with van der Waals surface area (Å²) in [4.78, 5) is 0. The van der Waals surface area contributed by atoms with Crippen LogP contribution < -0.4 is 0 Å². The molecule has 4 fully saturated rings. The SMILES string of the molecule is CC[C@H]1[C@@H](O)C2[C@@H]3CC[C@H]([C@H](C)C/C=C/c4cc(F)c(O)c(F)c4)C3(C)CC[C@@H]2C2(C)CC[C@@H](O)C[C@@H]12. The van der Waals surface area contributed by atoms with Gasteiger partial charge in [-0.1, -0.05) is 46.3 Å². The fourth-order valence-electron chi connectivity index (χ4n) is 10.2. The summed E-state index contributed by atoms with van der Waals surface area (Å²) in [5.41, 5.74) is 0.834. The van der Waals surface area contributed by atoms with E-state index in [1.54, 1.807) is 6.08 Å². The molecule has 5 rings (SSSR count). The highest BCUT2D eigenvalue weighted by molar-refractivity contribution is 5.51. The molecule has 4 aliphatic rings. The number of rotatable bonds is 5. The Hall–Kier alpha value is -1.46. The van der Waals surface area contributed by atoms with E-state index in [-0.39, 0.29) is 29.0 Å². The first-order chi connectivity index (χ1) is 17.5. The molecule has 0 saturated heterocycles. The monoisotopic (exact) mass is 516 g/mol. The van der Waals surface area contributed by atoms with Gasteiger partial charge in [0.05, 0.1) is 12.2 Å². The van der Waals surface area contributed by atoms with Crippen LogP contribution >= 0.6 is 0 Å². The van der Waals surface area contributed by atoms with Crippen LogP contribution in [-0.2, 0) is 0 Å². The Morgan fingerprint density at radius 2 is 1.62 bits per heavy atom. The first-order valence-corrected chi connectivity index (χ1v) is 14.7. The first kappa shape index (κ1) is 27.1. The molecule has 0 radical (unpaired) electrons. The minimum Gasteiger partial charge on any atom is -0.503 e. The van der Waals surface area contributed by atoms with Crippen LogP contribution in [0, 0.1) is 63.9 Å². The van der Waals surface area contributed by atoms with Crippen LogP contribution in [0.3, 0.4) is 0 Å². The van der Waals surface area contributed by atoms with Crippen LogP contribution in [0.4, 0.5) is 8.78 Å². The van der Waals surface area contributed by atoms with Gasteiger partial charge in [0.15, 0.2) is 17.4 Å². The van der Waals surface area contributed by atoms with Gasteiger partial charge in [0.2, 0.25) is 0 Å². The molecule has 4 saturated carbocycles. The Labute approximate surface area is 221 Å². The average molecular weight is 517 g/mol. The molecular formula is C32H46F2O3. The van der Waals surface area contributed by atoms with Crippen molar-refractivity contribution in [2.45, 2.75) is 97.7 Å². The van der Waals surface area contributed by atoms with Crippen molar-refractivity contribution >= 4 is 6.08 Å². The van der Waals surface area contributed by atoms with Crippen LogP contribution in [-0.4, -0.2) is 27.5 Å². The second-order valence-corrected chi connectivity index (χ2v) is 13.6. The number of aliphatic hydroxyl groups excluding tert-OH is 2. The topological polar surface area (TPSA) is 60.7 Å². The number of aliphatic hydroxyl groups is 2. The van der Waals surface area contributed by atoms with Gasteiger partial charge in [-0.2, -0.15) is 0 Å². The van der Waals surface area contributed by atoms with Crippen molar-refractivity contribution in [3.8, 4) is 5.75 Å². The lowest BCUT2D eigenvalue weighted by atomic mass is 9.41. The molecule has 206 valence electrons. The number of halogens is 2.